The van der Waals surface area contributed by atoms with E-state index in [2.05, 4.69) is 16.9 Å². The molecule has 0 aliphatic rings. The Kier molecular flexibility index (Phi) is 4.96. The molecule has 21 heavy (non-hydrogen) atoms. The first-order valence-electron chi connectivity index (χ1n) is 6.61. The van der Waals surface area contributed by atoms with Crippen LogP contribution < -0.4 is 4.74 Å². The van der Waals surface area contributed by atoms with Crippen molar-refractivity contribution in [2.24, 2.45) is 7.05 Å². The standard InChI is InChI=1S/C16H17FN2O2/c1-12-9-15(19(2)18-12)11-21-16-7-6-14(17)10-13(16)5-3-4-8-20/h6-7,9-10,20H,4,8,11H2,1-2H3. The van der Waals surface area contributed by atoms with Gasteiger partial charge in [-0.15, -0.1) is 0 Å². The minimum Gasteiger partial charge on any atom is -0.486 e. The number of aryl methyl sites for hydroxylation is 2. The highest BCUT2D eigenvalue weighted by Gasteiger charge is 2.07. The van der Waals surface area contributed by atoms with Crippen LogP contribution in [0.5, 0.6) is 5.75 Å². The van der Waals surface area contributed by atoms with Gasteiger partial charge in [0.2, 0.25) is 0 Å². The number of aliphatic hydroxyl groups is 1. The van der Waals surface area contributed by atoms with Crippen LogP contribution in [0.1, 0.15) is 23.4 Å². The van der Waals surface area contributed by atoms with Crippen LogP contribution in [0.3, 0.4) is 0 Å². The molecule has 0 spiro atoms. The fourth-order valence-electron chi connectivity index (χ4n) is 1.89. The second-order valence-corrected chi connectivity index (χ2v) is 4.61. The third-order valence-corrected chi connectivity index (χ3v) is 2.88. The lowest BCUT2D eigenvalue weighted by Crippen LogP contribution is -2.04. The Labute approximate surface area is 123 Å². The van der Waals surface area contributed by atoms with Crippen molar-refractivity contribution in [2.45, 2.75) is 20.0 Å². The summed E-state index contributed by atoms with van der Waals surface area (Å²) in [6, 6.07) is 6.15. The smallest absolute Gasteiger partial charge is 0.135 e. The van der Waals surface area contributed by atoms with Gasteiger partial charge in [0.05, 0.1) is 23.6 Å². The fourth-order valence-corrected chi connectivity index (χ4v) is 1.89. The summed E-state index contributed by atoms with van der Waals surface area (Å²) < 4.78 is 20.8. The van der Waals surface area contributed by atoms with E-state index >= 15 is 0 Å². The molecule has 0 saturated carbocycles. The summed E-state index contributed by atoms with van der Waals surface area (Å²) in [6.45, 7) is 2.22. The molecular weight excluding hydrogens is 271 g/mol. The number of rotatable bonds is 4. The Morgan fingerprint density at radius 2 is 2.19 bits per heavy atom. The van der Waals surface area contributed by atoms with E-state index in [0.717, 1.165) is 11.4 Å². The minimum absolute atomic E-state index is 0.0210. The van der Waals surface area contributed by atoms with E-state index < -0.39 is 0 Å². The summed E-state index contributed by atoms with van der Waals surface area (Å²) >= 11 is 0. The van der Waals surface area contributed by atoms with Crippen molar-refractivity contribution in [3.8, 4) is 17.6 Å². The molecular formula is C16H17FN2O2. The van der Waals surface area contributed by atoms with Crippen molar-refractivity contribution in [3.05, 3.63) is 47.0 Å². The molecule has 5 heteroatoms. The van der Waals surface area contributed by atoms with E-state index in [1.807, 2.05) is 20.0 Å². The molecule has 2 rings (SSSR count). The van der Waals surface area contributed by atoms with Crippen LogP contribution in [-0.2, 0) is 13.7 Å². The van der Waals surface area contributed by atoms with Gasteiger partial charge in [0.1, 0.15) is 18.2 Å². The third kappa shape index (κ3) is 4.07. The van der Waals surface area contributed by atoms with Gasteiger partial charge in [-0.2, -0.15) is 5.10 Å². The topological polar surface area (TPSA) is 47.3 Å². The highest BCUT2D eigenvalue weighted by atomic mass is 19.1. The molecule has 1 heterocycles. The summed E-state index contributed by atoms with van der Waals surface area (Å²) in [4.78, 5) is 0. The molecule has 1 aromatic carbocycles. The Bertz CT molecular complexity index is 683. The molecule has 0 fully saturated rings. The summed E-state index contributed by atoms with van der Waals surface area (Å²) in [5, 5.41) is 13.0. The van der Waals surface area contributed by atoms with Crippen LogP contribution in [0, 0.1) is 24.6 Å². The van der Waals surface area contributed by atoms with Crippen molar-refractivity contribution in [1.82, 2.24) is 9.78 Å². The van der Waals surface area contributed by atoms with Crippen LogP contribution in [0.2, 0.25) is 0 Å². The number of aromatic nitrogens is 2. The summed E-state index contributed by atoms with van der Waals surface area (Å²) in [7, 11) is 1.85. The van der Waals surface area contributed by atoms with Crippen molar-refractivity contribution < 1.29 is 14.2 Å². The number of benzene rings is 1. The van der Waals surface area contributed by atoms with Crippen LogP contribution in [-0.4, -0.2) is 21.5 Å². The maximum Gasteiger partial charge on any atom is 0.135 e. The largest absolute Gasteiger partial charge is 0.486 e. The number of hydrogen-bond acceptors (Lipinski definition) is 3. The Morgan fingerprint density at radius 1 is 1.38 bits per heavy atom. The molecule has 2 aromatic rings. The average molecular weight is 288 g/mol. The molecule has 0 aliphatic carbocycles. The van der Waals surface area contributed by atoms with Gasteiger partial charge in [0, 0.05) is 13.5 Å². The van der Waals surface area contributed by atoms with Gasteiger partial charge < -0.3 is 9.84 Å². The summed E-state index contributed by atoms with van der Waals surface area (Å²) in [5.41, 5.74) is 2.31. The predicted octanol–water partition coefficient (Wildman–Crippen LogP) is 2.18. The zero-order valence-corrected chi connectivity index (χ0v) is 12.1. The maximum atomic E-state index is 13.3. The van der Waals surface area contributed by atoms with Crippen molar-refractivity contribution >= 4 is 0 Å². The first-order valence-corrected chi connectivity index (χ1v) is 6.61. The molecule has 4 nitrogen and oxygen atoms in total. The Hall–Kier alpha value is -2.32. The highest BCUT2D eigenvalue weighted by molar-refractivity contribution is 5.46. The van der Waals surface area contributed by atoms with Crippen LogP contribution in [0.25, 0.3) is 0 Å². The number of nitrogens with zero attached hydrogens (tertiary/aromatic N) is 2. The number of halogens is 1. The lowest BCUT2D eigenvalue weighted by atomic mass is 10.2. The monoisotopic (exact) mass is 288 g/mol. The Balaban J connectivity index is 2.16. The lowest BCUT2D eigenvalue weighted by Gasteiger charge is -2.08. The van der Waals surface area contributed by atoms with Gasteiger partial charge in [-0.05, 0) is 31.2 Å². The van der Waals surface area contributed by atoms with Crippen molar-refractivity contribution in [1.29, 1.82) is 0 Å². The van der Waals surface area contributed by atoms with E-state index in [0.29, 0.717) is 24.3 Å². The van der Waals surface area contributed by atoms with Gasteiger partial charge in [0.15, 0.2) is 0 Å². The van der Waals surface area contributed by atoms with Crippen molar-refractivity contribution in [3.63, 3.8) is 0 Å². The number of hydrogen-bond donors (Lipinski definition) is 1. The zero-order chi connectivity index (χ0) is 15.2. The quantitative estimate of drug-likeness (QED) is 0.877. The number of ether oxygens (including phenoxy) is 1. The molecule has 1 aromatic heterocycles. The molecule has 0 bridgehead atoms. The molecule has 0 atom stereocenters. The van der Waals surface area contributed by atoms with Gasteiger partial charge in [-0.3, -0.25) is 4.68 Å². The van der Waals surface area contributed by atoms with E-state index in [1.165, 1.54) is 12.1 Å². The average Bonchev–Trinajstić information content (AvgIpc) is 2.76. The third-order valence-electron chi connectivity index (χ3n) is 2.88. The fraction of sp³-hybridized carbons (Fsp3) is 0.312. The zero-order valence-electron chi connectivity index (χ0n) is 12.1. The lowest BCUT2D eigenvalue weighted by molar-refractivity contribution is 0.293. The second-order valence-electron chi connectivity index (χ2n) is 4.61. The molecule has 110 valence electrons. The molecule has 1 N–H and O–H groups in total. The molecule has 0 radical (unpaired) electrons. The molecule has 0 aliphatic heterocycles. The van der Waals surface area contributed by atoms with E-state index in [4.69, 9.17) is 9.84 Å². The van der Waals surface area contributed by atoms with E-state index in [-0.39, 0.29) is 12.4 Å². The summed E-state index contributed by atoms with van der Waals surface area (Å²) in [5.74, 6) is 5.73. The molecule has 0 amide bonds. The van der Waals surface area contributed by atoms with Crippen molar-refractivity contribution in [2.75, 3.05) is 6.61 Å². The van der Waals surface area contributed by atoms with Gasteiger partial charge in [-0.25, -0.2) is 4.39 Å². The van der Waals surface area contributed by atoms with Crippen LogP contribution in [0.15, 0.2) is 24.3 Å². The minimum atomic E-state index is -0.368. The van der Waals surface area contributed by atoms with Crippen LogP contribution in [0.4, 0.5) is 4.39 Å². The molecule has 0 unspecified atom stereocenters. The van der Waals surface area contributed by atoms with E-state index in [1.54, 1.807) is 10.7 Å². The van der Waals surface area contributed by atoms with Crippen LogP contribution >= 0.6 is 0 Å². The first kappa shape index (κ1) is 15.1. The maximum absolute atomic E-state index is 13.3. The SMILES string of the molecule is Cc1cc(COc2ccc(F)cc2C#CCCO)n(C)n1. The normalized spacial score (nSPS) is 10.1. The van der Waals surface area contributed by atoms with E-state index in [9.17, 15) is 4.39 Å². The summed E-state index contributed by atoms with van der Waals surface area (Å²) in [6.07, 6.45) is 0.344. The predicted molar refractivity (Wildman–Crippen MR) is 77.3 cm³/mol. The second kappa shape index (κ2) is 6.91. The van der Waals surface area contributed by atoms with Gasteiger partial charge in [0.25, 0.3) is 0 Å². The number of aliphatic hydroxyl groups excluding tert-OH is 1. The van der Waals surface area contributed by atoms with Gasteiger partial charge >= 0.3 is 0 Å². The first-order chi connectivity index (χ1) is 10.1. The molecule has 0 saturated heterocycles. The van der Waals surface area contributed by atoms with Gasteiger partial charge in [-0.1, -0.05) is 11.8 Å². The highest BCUT2D eigenvalue weighted by Crippen LogP contribution is 2.20. The Morgan fingerprint density at radius 3 is 2.86 bits per heavy atom.